The van der Waals surface area contributed by atoms with Crippen LogP contribution >= 0.6 is 0 Å². The number of Topliss-reactive ketones (excluding diaryl/α,β-unsaturated/α-hetero) is 1. The summed E-state index contributed by atoms with van der Waals surface area (Å²) in [6, 6.07) is 20.0. The van der Waals surface area contributed by atoms with E-state index in [2.05, 4.69) is 9.97 Å². The molecule has 0 aliphatic heterocycles. The highest BCUT2D eigenvalue weighted by Gasteiger charge is 2.43. The zero-order chi connectivity index (χ0) is 21.3. The summed E-state index contributed by atoms with van der Waals surface area (Å²) >= 11 is 0. The van der Waals surface area contributed by atoms with Crippen molar-refractivity contribution in [1.82, 2.24) is 14.5 Å². The smallest absolute Gasteiger partial charge is 0.144 e. The SMILES string of the molecule is NC1(n2ccc3cncnc32)CCC(=O)CC1c1ccc(OCc2ccccc2)cc1. The van der Waals surface area contributed by atoms with Gasteiger partial charge in [-0.1, -0.05) is 42.5 Å². The van der Waals surface area contributed by atoms with Crippen molar-refractivity contribution in [2.24, 2.45) is 5.73 Å². The van der Waals surface area contributed by atoms with Crippen molar-refractivity contribution in [3.63, 3.8) is 0 Å². The van der Waals surface area contributed by atoms with Crippen molar-refractivity contribution < 1.29 is 9.53 Å². The van der Waals surface area contributed by atoms with E-state index in [0.29, 0.717) is 25.9 Å². The molecule has 0 radical (unpaired) electrons. The van der Waals surface area contributed by atoms with Gasteiger partial charge in [0.05, 0.1) is 0 Å². The van der Waals surface area contributed by atoms with Gasteiger partial charge < -0.3 is 15.0 Å². The number of nitrogens with zero attached hydrogens (tertiary/aromatic N) is 3. The molecule has 2 N–H and O–H groups in total. The summed E-state index contributed by atoms with van der Waals surface area (Å²) in [6.07, 6.45) is 6.71. The van der Waals surface area contributed by atoms with Crippen LogP contribution < -0.4 is 10.5 Å². The summed E-state index contributed by atoms with van der Waals surface area (Å²) < 4.78 is 7.93. The average Bonchev–Trinajstić information content (AvgIpc) is 3.25. The van der Waals surface area contributed by atoms with Gasteiger partial charge in [0.25, 0.3) is 0 Å². The van der Waals surface area contributed by atoms with Gasteiger partial charge in [-0.3, -0.25) is 4.79 Å². The summed E-state index contributed by atoms with van der Waals surface area (Å²) in [7, 11) is 0. The van der Waals surface area contributed by atoms with E-state index in [1.165, 1.54) is 6.33 Å². The molecule has 1 saturated carbocycles. The third-order valence-corrected chi connectivity index (χ3v) is 6.17. The van der Waals surface area contributed by atoms with Gasteiger partial charge in [-0.05, 0) is 35.7 Å². The summed E-state index contributed by atoms with van der Waals surface area (Å²) in [4.78, 5) is 20.9. The molecule has 31 heavy (non-hydrogen) atoms. The Balaban J connectivity index is 1.43. The average molecular weight is 412 g/mol. The molecule has 0 saturated heterocycles. The van der Waals surface area contributed by atoms with Crippen LogP contribution in [0.5, 0.6) is 5.75 Å². The molecule has 0 bridgehead atoms. The quantitative estimate of drug-likeness (QED) is 0.532. The van der Waals surface area contributed by atoms with E-state index < -0.39 is 5.66 Å². The third-order valence-electron chi connectivity index (χ3n) is 6.17. The van der Waals surface area contributed by atoms with Crippen LogP contribution in [0.2, 0.25) is 0 Å². The normalized spacial score (nSPS) is 21.3. The Morgan fingerprint density at radius 1 is 1.10 bits per heavy atom. The highest BCUT2D eigenvalue weighted by molar-refractivity contribution is 5.81. The van der Waals surface area contributed by atoms with Crippen LogP contribution in [0, 0.1) is 0 Å². The Kier molecular flexibility index (Phi) is 5.00. The number of benzene rings is 2. The number of carbonyl (C=O) groups excluding carboxylic acids is 1. The molecule has 156 valence electrons. The van der Waals surface area contributed by atoms with Gasteiger partial charge in [-0.2, -0.15) is 0 Å². The number of ether oxygens (including phenoxy) is 1. The number of fused-ring (bicyclic) bond motifs is 1. The maximum absolute atomic E-state index is 12.4. The van der Waals surface area contributed by atoms with Crippen LogP contribution in [0.1, 0.15) is 36.3 Å². The molecule has 6 nitrogen and oxygen atoms in total. The highest BCUT2D eigenvalue weighted by Crippen LogP contribution is 2.43. The number of rotatable bonds is 5. The second kappa shape index (κ2) is 7.96. The molecule has 4 aromatic rings. The fraction of sp³-hybridized carbons (Fsp3) is 0.240. The van der Waals surface area contributed by atoms with Crippen molar-refractivity contribution in [3.8, 4) is 5.75 Å². The Morgan fingerprint density at radius 3 is 2.71 bits per heavy atom. The molecular formula is C25H24N4O2. The Hall–Kier alpha value is -3.51. The van der Waals surface area contributed by atoms with Crippen LogP contribution in [0.4, 0.5) is 0 Å². The molecule has 5 rings (SSSR count). The Bertz CT molecular complexity index is 1200. The predicted octanol–water partition coefficient (Wildman–Crippen LogP) is 4.16. The van der Waals surface area contributed by atoms with Gasteiger partial charge in [-0.15, -0.1) is 0 Å². The molecule has 0 spiro atoms. The highest BCUT2D eigenvalue weighted by atomic mass is 16.5. The van der Waals surface area contributed by atoms with Gasteiger partial charge in [0.1, 0.15) is 35.8 Å². The van der Waals surface area contributed by atoms with Crippen molar-refractivity contribution in [1.29, 1.82) is 0 Å². The minimum atomic E-state index is -0.740. The second-order valence-corrected chi connectivity index (χ2v) is 8.12. The van der Waals surface area contributed by atoms with E-state index in [0.717, 1.165) is 27.9 Å². The fourth-order valence-electron chi connectivity index (χ4n) is 4.47. The number of nitrogens with two attached hydrogens (primary N) is 1. The number of hydrogen-bond donors (Lipinski definition) is 1. The molecule has 1 aliphatic carbocycles. The summed E-state index contributed by atoms with van der Waals surface area (Å²) in [5.74, 6) is 0.876. The number of aromatic nitrogens is 3. The lowest BCUT2D eigenvalue weighted by Crippen LogP contribution is -2.51. The van der Waals surface area contributed by atoms with Crippen LogP contribution in [0.15, 0.2) is 79.4 Å². The third kappa shape index (κ3) is 3.70. The molecule has 6 heteroatoms. The number of hydrogen-bond acceptors (Lipinski definition) is 5. The van der Waals surface area contributed by atoms with Crippen molar-refractivity contribution in [3.05, 3.63) is 90.5 Å². The first kappa shape index (κ1) is 19.5. The zero-order valence-electron chi connectivity index (χ0n) is 17.1. The molecule has 0 amide bonds. The zero-order valence-corrected chi connectivity index (χ0v) is 17.1. The Morgan fingerprint density at radius 2 is 1.90 bits per heavy atom. The van der Waals surface area contributed by atoms with Gasteiger partial charge in [0, 0.05) is 36.5 Å². The minimum Gasteiger partial charge on any atom is -0.489 e. The van der Waals surface area contributed by atoms with Crippen molar-refractivity contribution in [2.45, 2.75) is 37.5 Å². The molecule has 1 fully saturated rings. The molecule has 2 aromatic carbocycles. The van der Waals surface area contributed by atoms with Gasteiger partial charge >= 0.3 is 0 Å². The van der Waals surface area contributed by atoms with Crippen LogP contribution in [-0.4, -0.2) is 20.3 Å². The van der Waals surface area contributed by atoms with E-state index in [1.807, 2.05) is 71.4 Å². The van der Waals surface area contributed by atoms with E-state index in [9.17, 15) is 4.79 Å². The van der Waals surface area contributed by atoms with E-state index in [4.69, 9.17) is 10.5 Å². The largest absolute Gasteiger partial charge is 0.489 e. The standard InChI is InChI=1S/C25H24N4O2/c26-25(29-13-11-20-15-27-17-28-24(20)29)12-10-21(30)14-23(25)19-6-8-22(9-7-19)31-16-18-4-2-1-3-5-18/h1-9,11,13,15,17,23H,10,12,14,16,26H2. The van der Waals surface area contributed by atoms with Crippen molar-refractivity contribution >= 4 is 16.8 Å². The van der Waals surface area contributed by atoms with Crippen LogP contribution in [0.3, 0.4) is 0 Å². The molecule has 2 heterocycles. The van der Waals surface area contributed by atoms with Gasteiger partial charge in [0.15, 0.2) is 0 Å². The summed E-state index contributed by atoms with van der Waals surface area (Å²) in [5, 5.41) is 0.938. The monoisotopic (exact) mass is 412 g/mol. The van der Waals surface area contributed by atoms with E-state index >= 15 is 0 Å². The first-order chi connectivity index (χ1) is 15.1. The lowest BCUT2D eigenvalue weighted by atomic mass is 9.74. The summed E-state index contributed by atoms with van der Waals surface area (Å²) in [6.45, 7) is 0.512. The molecule has 2 aromatic heterocycles. The molecular weight excluding hydrogens is 388 g/mol. The first-order valence-corrected chi connectivity index (χ1v) is 10.5. The lowest BCUT2D eigenvalue weighted by Gasteiger charge is -2.42. The maximum atomic E-state index is 12.4. The van der Waals surface area contributed by atoms with Gasteiger partial charge in [0.2, 0.25) is 0 Å². The Labute approximate surface area is 180 Å². The topological polar surface area (TPSA) is 83.0 Å². The van der Waals surface area contributed by atoms with Crippen LogP contribution in [0.25, 0.3) is 11.0 Å². The molecule has 2 unspecified atom stereocenters. The fourth-order valence-corrected chi connectivity index (χ4v) is 4.47. The lowest BCUT2D eigenvalue weighted by molar-refractivity contribution is -0.122. The molecule has 1 aliphatic rings. The maximum Gasteiger partial charge on any atom is 0.144 e. The minimum absolute atomic E-state index is 0.150. The number of ketones is 1. The van der Waals surface area contributed by atoms with Crippen molar-refractivity contribution in [2.75, 3.05) is 0 Å². The summed E-state index contributed by atoms with van der Waals surface area (Å²) in [5.41, 5.74) is 9.22. The second-order valence-electron chi connectivity index (χ2n) is 8.12. The van der Waals surface area contributed by atoms with Gasteiger partial charge in [-0.25, -0.2) is 9.97 Å². The predicted molar refractivity (Wildman–Crippen MR) is 119 cm³/mol. The number of carbonyl (C=O) groups is 1. The van der Waals surface area contributed by atoms with E-state index in [1.54, 1.807) is 6.20 Å². The van der Waals surface area contributed by atoms with E-state index in [-0.39, 0.29) is 11.7 Å². The molecule has 2 atom stereocenters. The van der Waals surface area contributed by atoms with Crippen LogP contribution in [-0.2, 0) is 17.1 Å². The first-order valence-electron chi connectivity index (χ1n) is 10.5.